The normalized spacial score (nSPS) is 20.2. The van der Waals surface area contributed by atoms with Crippen molar-refractivity contribution in [2.24, 2.45) is 5.73 Å². The molecule has 2 rings (SSSR count). The highest BCUT2D eigenvalue weighted by atomic mass is 32.1. The molecular formula is C13H17FN2OS. The molecular weight excluding hydrogens is 251 g/mol. The number of hydrogen-bond donors (Lipinski definition) is 1. The molecule has 1 heterocycles. The quantitative estimate of drug-likeness (QED) is 0.843. The van der Waals surface area contributed by atoms with Gasteiger partial charge in [0, 0.05) is 37.9 Å². The van der Waals surface area contributed by atoms with Gasteiger partial charge in [0.1, 0.15) is 10.8 Å². The highest BCUT2D eigenvalue weighted by Crippen LogP contribution is 2.19. The lowest BCUT2D eigenvalue weighted by Gasteiger charge is -2.16. The molecule has 1 aromatic carbocycles. The van der Waals surface area contributed by atoms with E-state index in [9.17, 15) is 4.39 Å². The number of benzene rings is 1. The molecule has 1 aromatic rings. The fraction of sp³-hybridized carbons (Fsp3) is 0.462. The summed E-state index contributed by atoms with van der Waals surface area (Å²) in [7, 11) is 1.71. The summed E-state index contributed by atoms with van der Waals surface area (Å²) in [5.41, 5.74) is 6.45. The maximum atomic E-state index is 14.1. The van der Waals surface area contributed by atoms with Crippen LogP contribution in [0.4, 0.5) is 4.39 Å². The summed E-state index contributed by atoms with van der Waals surface area (Å²) >= 11 is 4.83. The van der Waals surface area contributed by atoms with E-state index >= 15 is 0 Å². The Morgan fingerprint density at radius 1 is 1.61 bits per heavy atom. The lowest BCUT2D eigenvalue weighted by atomic mass is 10.1. The van der Waals surface area contributed by atoms with Crippen molar-refractivity contribution >= 4 is 17.2 Å². The summed E-state index contributed by atoms with van der Waals surface area (Å²) in [4.78, 5) is 2.28. The molecule has 0 aromatic heterocycles. The van der Waals surface area contributed by atoms with Crippen LogP contribution in [0.5, 0.6) is 0 Å². The zero-order valence-corrected chi connectivity index (χ0v) is 11.2. The molecule has 0 saturated carbocycles. The Morgan fingerprint density at radius 3 is 3.00 bits per heavy atom. The van der Waals surface area contributed by atoms with Crippen molar-refractivity contribution in [2.45, 2.75) is 19.1 Å². The average Bonchev–Trinajstić information content (AvgIpc) is 2.79. The van der Waals surface area contributed by atoms with E-state index in [1.54, 1.807) is 25.3 Å². The van der Waals surface area contributed by atoms with E-state index < -0.39 is 0 Å². The van der Waals surface area contributed by atoms with Gasteiger partial charge in [-0.05, 0) is 12.5 Å². The third-order valence-corrected chi connectivity index (χ3v) is 3.52. The summed E-state index contributed by atoms with van der Waals surface area (Å²) < 4.78 is 19.4. The molecule has 0 bridgehead atoms. The van der Waals surface area contributed by atoms with Gasteiger partial charge in [-0.25, -0.2) is 4.39 Å². The van der Waals surface area contributed by atoms with Crippen LogP contribution in [-0.4, -0.2) is 36.2 Å². The van der Waals surface area contributed by atoms with Crippen LogP contribution in [0.1, 0.15) is 17.5 Å². The summed E-state index contributed by atoms with van der Waals surface area (Å²) in [5.74, 6) is -0.300. The van der Waals surface area contributed by atoms with Gasteiger partial charge in [0.15, 0.2) is 0 Å². The summed E-state index contributed by atoms with van der Waals surface area (Å²) in [5, 5.41) is 0. The summed E-state index contributed by atoms with van der Waals surface area (Å²) in [6, 6.07) is 5.18. The lowest BCUT2D eigenvalue weighted by molar-refractivity contribution is 0.107. The highest BCUT2D eigenvalue weighted by molar-refractivity contribution is 7.80. The van der Waals surface area contributed by atoms with Gasteiger partial charge in [-0.15, -0.1) is 0 Å². The van der Waals surface area contributed by atoms with Crippen LogP contribution in [-0.2, 0) is 11.3 Å². The minimum Gasteiger partial charge on any atom is -0.389 e. The van der Waals surface area contributed by atoms with Crippen LogP contribution in [0, 0.1) is 5.82 Å². The molecule has 0 radical (unpaired) electrons. The van der Waals surface area contributed by atoms with E-state index in [1.807, 2.05) is 0 Å². The van der Waals surface area contributed by atoms with E-state index in [-0.39, 0.29) is 16.9 Å². The number of nitrogens with zero attached hydrogens (tertiary/aromatic N) is 1. The third-order valence-electron chi connectivity index (χ3n) is 3.30. The van der Waals surface area contributed by atoms with Crippen LogP contribution in [0.15, 0.2) is 18.2 Å². The lowest BCUT2D eigenvalue weighted by Crippen LogP contribution is -2.23. The first-order valence-electron chi connectivity index (χ1n) is 5.94. The second kappa shape index (κ2) is 5.73. The Morgan fingerprint density at radius 2 is 2.39 bits per heavy atom. The number of likely N-dealkylation sites (tertiary alicyclic amines) is 1. The molecule has 0 aliphatic carbocycles. The molecule has 1 saturated heterocycles. The number of methoxy groups -OCH3 is 1. The van der Waals surface area contributed by atoms with Crippen molar-refractivity contribution < 1.29 is 9.13 Å². The van der Waals surface area contributed by atoms with Crippen LogP contribution in [0.3, 0.4) is 0 Å². The minimum absolute atomic E-state index is 0.102. The average molecular weight is 268 g/mol. The van der Waals surface area contributed by atoms with Crippen molar-refractivity contribution in [3.63, 3.8) is 0 Å². The maximum absolute atomic E-state index is 14.1. The van der Waals surface area contributed by atoms with E-state index in [2.05, 4.69) is 4.90 Å². The van der Waals surface area contributed by atoms with Crippen molar-refractivity contribution in [3.8, 4) is 0 Å². The highest BCUT2D eigenvalue weighted by Gasteiger charge is 2.23. The van der Waals surface area contributed by atoms with Gasteiger partial charge in [-0.2, -0.15) is 0 Å². The number of hydrogen-bond acceptors (Lipinski definition) is 3. The van der Waals surface area contributed by atoms with E-state index in [1.165, 1.54) is 0 Å². The monoisotopic (exact) mass is 268 g/mol. The first-order chi connectivity index (χ1) is 8.61. The molecule has 1 aliphatic rings. The van der Waals surface area contributed by atoms with E-state index in [4.69, 9.17) is 22.7 Å². The number of rotatable bonds is 4. The van der Waals surface area contributed by atoms with Gasteiger partial charge in [0.05, 0.1) is 6.10 Å². The van der Waals surface area contributed by atoms with Crippen LogP contribution in [0.25, 0.3) is 0 Å². The molecule has 1 atom stereocenters. The smallest absolute Gasteiger partial charge is 0.137 e. The molecule has 1 unspecified atom stereocenters. The molecule has 18 heavy (non-hydrogen) atoms. The summed E-state index contributed by atoms with van der Waals surface area (Å²) in [6.45, 7) is 2.34. The summed E-state index contributed by atoms with van der Waals surface area (Å²) in [6.07, 6.45) is 1.25. The molecule has 2 N–H and O–H groups in total. The standard InChI is InChI=1S/C13H17FN2OS/c1-17-10-5-6-16(8-10)7-9-3-2-4-11(12(9)14)13(15)18/h2-4,10H,5-8H2,1H3,(H2,15,18). The van der Waals surface area contributed by atoms with Gasteiger partial charge in [-0.1, -0.05) is 24.4 Å². The fourth-order valence-electron chi connectivity index (χ4n) is 2.27. The van der Waals surface area contributed by atoms with Gasteiger partial charge >= 0.3 is 0 Å². The number of thiocarbonyl (C=S) groups is 1. The molecule has 3 nitrogen and oxygen atoms in total. The predicted octanol–water partition coefficient (Wildman–Crippen LogP) is 1.68. The second-order valence-electron chi connectivity index (χ2n) is 4.52. The Bertz CT molecular complexity index is 453. The Hall–Kier alpha value is -1.04. The van der Waals surface area contributed by atoms with Gasteiger partial charge < -0.3 is 10.5 Å². The number of ether oxygens (including phenoxy) is 1. The molecule has 1 aliphatic heterocycles. The van der Waals surface area contributed by atoms with Gasteiger partial charge in [-0.3, -0.25) is 4.90 Å². The van der Waals surface area contributed by atoms with Crippen molar-refractivity contribution in [2.75, 3.05) is 20.2 Å². The van der Waals surface area contributed by atoms with Crippen molar-refractivity contribution in [1.82, 2.24) is 4.90 Å². The topological polar surface area (TPSA) is 38.5 Å². The molecule has 98 valence electrons. The molecule has 0 spiro atoms. The third kappa shape index (κ3) is 2.85. The SMILES string of the molecule is COC1CCN(Cc2cccc(C(N)=S)c2F)C1. The Labute approximate surface area is 112 Å². The first-order valence-corrected chi connectivity index (χ1v) is 6.35. The first kappa shape index (κ1) is 13.4. The largest absolute Gasteiger partial charge is 0.389 e. The van der Waals surface area contributed by atoms with E-state index in [0.29, 0.717) is 17.7 Å². The Balaban J connectivity index is 2.10. The molecule has 5 heteroatoms. The fourth-order valence-corrected chi connectivity index (χ4v) is 2.42. The van der Waals surface area contributed by atoms with Crippen LogP contribution < -0.4 is 5.73 Å². The zero-order chi connectivity index (χ0) is 13.1. The van der Waals surface area contributed by atoms with Gasteiger partial charge in [0.25, 0.3) is 0 Å². The zero-order valence-electron chi connectivity index (χ0n) is 10.4. The number of halogens is 1. The second-order valence-corrected chi connectivity index (χ2v) is 4.96. The minimum atomic E-state index is -0.300. The Kier molecular flexibility index (Phi) is 4.27. The van der Waals surface area contributed by atoms with Crippen molar-refractivity contribution in [1.29, 1.82) is 0 Å². The van der Waals surface area contributed by atoms with E-state index in [0.717, 1.165) is 19.5 Å². The maximum Gasteiger partial charge on any atom is 0.137 e. The molecule has 1 fully saturated rings. The van der Waals surface area contributed by atoms with Crippen LogP contribution >= 0.6 is 12.2 Å². The van der Waals surface area contributed by atoms with Crippen molar-refractivity contribution in [3.05, 3.63) is 35.1 Å². The van der Waals surface area contributed by atoms with Gasteiger partial charge in [0.2, 0.25) is 0 Å². The van der Waals surface area contributed by atoms with Crippen LogP contribution in [0.2, 0.25) is 0 Å². The predicted molar refractivity (Wildman–Crippen MR) is 73.0 cm³/mol. The molecule has 0 amide bonds. The number of nitrogens with two attached hydrogens (primary N) is 1.